The van der Waals surface area contributed by atoms with Crippen molar-refractivity contribution >= 4 is 23.1 Å². The van der Waals surface area contributed by atoms with Crippen molar-refractivity contribution in [2.24, 2.45) is 11.7 Å². The van der Waals surface area contributed by atoms with Crippen LogP contribution in [-0.4, -0.2) is 42.1 Å². The van der Waals surface area contributed by atoms with Crippen LogP contribution in [-0.2, 0) is 9.53 Å². The fourth-order valence-electron chi connectivity index (χ4n) is 1.89. The lowest BCUT2D eigenvalue weighted by Gasteiger charge is -2.30. The fraction of sp³-hybridized carbons (Fsp3) is 0.833. The SMILES string of the molecule is CCCC(C(=O)N(CC)C(C)COC)C(N)=S. The maximum atomic E-state index is 12.3. The second-order valence-electron chi connectivity index (χ2n) is 4.17. The van der Waals surface area contributed by atoms with Gasteiger partial charge >= 0.3 is 0 Å². The summed E-state index contributed by atoms with van der Waals surface area (Å²) in [6.45, 7) is 7.11. The maximum absolute atomic E-state index is 12.3. The third-order valence-corrected chi connectivity index (χ3v) is 3.07. The molecule has 100 valence electrons. The third kappa shape index (κ3) is 5.00. The molecule has 1 amide bonds. The van der Waals surface area contributed by atoms with Gasteiger partial charge in [-0.2, -0.15) is 0 Å². The number of rotatable bonds is 8. The van der Waals surface area contributed by atoms with Crippen LogP contribution in [0.25, 0.3) is 0 Å². The number of likely N-dealkylation sites (N-methyl/N-ethyl adjacent to an activating group) is 1. The van der Waals surface area contributed by atoms with Crippen molar-refractivity contribution in [1.82, 2.24) is 4.90 Å². The van der Waals surface area contributed by atoms with Gasteiger partial charge < -0.3 is 15.4 Å². The first-order valence-corrected chi connectivity index (χ1v) is 6.49. The summed E-state index contributed by atoms with van der Waals surface area (Å²) in [6, 6.07) is 0.0474. The number of carbonyl (C=O) groups excluding carboxylic acids is 1. The summed E-state index contributed by atoms with van der Waals surface area (Å²) < 4.78 is 5.08. The molecule has 2 atom stereocenters. The molecule has 0 saturated carbocycles. The standard InChI is InChI=1S/C12H24N2O2S/c1-5-7-10(11(13)17)12(15)14(6-2)9(3)8-16-4/h9-10H,5-8H2,1-4H3,(H2,13,17). The van der Waals surface area contributed by atoms with Gasteiger partial charge in [0.15, 0.2) is 0 Å². The molecule has 0 saturated heterocycles. The van der Waals surface area contributed by atoms with Crippen molar-refractivity contribution < 1.29 is 9.53 Å². The largest absolute Gasteiger partial charge is 0.393 e. The van der Waals surface area contributed by atoms with E-state index in [2.05, 4.69) is 0 Å². The van der Waals surface area contributed by atoms with E-state index in [1.807, 2.05) is 20.8 Å². The number of methoxy groups -OCH3 is 1. The van der Waals surface area contributed by atoms with Crippen molar-refractivity contribution in [2.75, 3.05) is 20.3 Å². The summed E-state index contributed by atoms with van der Waals surface area (Å²) >= 11 is 4.98. The van der Waals surface area contributed by atoms with Gasteiger partial charge in [-0.3, -0.25) is 4.79 Å². The lowest BCUT2D eigenvalue weighted by atomic mass is 10.0. The van der Waals surface area contributed by atoms with Crippen LogP contribution in [0.15, 0.2) is 0 Å². The van der Waals surface area contributed by atoms with E-state index < -0.39 is 0 Å². The molecule has 0 heterocycles. The van der Waals surface area contributed by atoms with Gasteiger partial charge in [-0.25, -0.2) is 0 Å². The minimum absolute atomic E-state index is 0.0198. The average Bonchev–Trinajstić information content (AvgIpc) is 2.26. The van der Waals surface area contributed by atoms with E-state index in [-0.39, 0.29) is 17.9 Å². The molecule has 0 radical (unpaired) electrons. The minimum atomic E-state index is -0.339. The smallest absolute Gasteiger partial charge is 0.232 e. The van der Waals surface area contributed by atoms with Gasteiger partial charge in [-0.15, -0.1) is 0 Å². The molecule has 5 heteroatoms. The maximum Gasteiger partial charge on any atom is 0.232 e. The van der Waals surface area contributed by atoms with Gasteiger partial charge in [0, 0.05) is 13.7 Å². The Balaban J connectivity index is 4.74. The Morgan fingerprint density at radius 1 is 1.47 bits per heavy atom. The summed E-state index contributed by atoms with van der Waals surface area (Å²) in [5.74, 6) is -0.319. The van der Waals surface area contributed by atoms with E-state index in [9.17, 15) is 4.79 Å². The molecule has 0 aliphatic rings. The number of ether oxygens (including phenoxy) is 1. The number of hydrogen-bond acceptors (Lipinski definition) is 3. The quantitative estimate of drug-likeness (QED) is 0.673. The molecular weight excluding hydrogens is 236 g/mol. The second-order valence-corrected chi connectivity index (χ2v) is 4.64. The highest BCUT2D eigenvalue weighted by molar-refractivity contribution is 7.80. The van der Waals surface area contributed by atoms with Crippen molar-refractivity contribution in [3.63, 3.8) is 0 Å². The van der Waals surface area contributed by atoms with Gasteiger partial charge in [0.05, 0.1) is 23.6 Å². The lowest BCUT2D eigenvalue weighted by molar-refractivity contribution is -0.136. The zero-order valence-electron chi connectivity index (χ0n) is 11.2. The highest BCUT2D eigenvalue weighted by Crippen LogP contribution is 2.13. The van der Waals surface area contributed by atoms with Gasteiger partial charge in [0.2, 0.25) is 5.91 Å². The van der Waals surface area contributed by atoms with E-state index in [1.54, 1.807) is 12.0 Å². The first-order valence-electron chi connectivity index (χ1n) is 6.08. The van der Waals surface area contributed by atoms with Gasteiger partial charge in [-0.1, -0.05) is 25.6 Å². The van der Waals surface area contributed by atoms with E-state index in [0.29, 0.717) is 24.6 Å². The molecular formula is C12H24N2O2S. The van der Waals surface area contributed by atoms with Crippen molar-refractivity contribution in [3.05, 3.63) is 0 Å². The molecule has 0 aromatic carbocycles. The zero-order chi connectivity index (χ0) is 13.4. The highest BCUT2D eigenvalue weighted by atomic mass is 32.1. The molecule has 0 aliphatic carbocycles. The Hall–Kier alpha value is -0.680. The summed E-state index contributed by atoms with van der Waals surface area (Å²) in [5.41, 5.74) is 5.64. The third-order valence-electron chi connectivity index (χ3n) is 2.78. The number of nitrogens with two attached hydrogens (primary N) is 1. The fourth-order valence-corrected chi connectivity index (χ4v) is 2.11. The summed E-state index contributed by atoms with van der Waals surface area (Å²) in [5, 5.41) is 0. The number of carbonyl (C=O) groups is 1. The number of hydrogen-bond donors (Lipinski definition) is 1. The predicted octanol–water partition coefficient (Wildman–Crippen LogP) is 1.57. The van der Waals surface area contributed by atoms with E-state index in [1.165, 1.54) is 0 Å². The first kappa shape index (κ1) is 16.3. The average molecular weight is 260 g/mol. The monoisotopic (exact) mass is 260 g/mol. The molecule has 4 nitrogen and oxygen atoms in total. The Morgan fingerprint density at radius 2 is 2.06 bits per heavy atom. The Kier molecular flexibility index (Phi) is 8.08. The predicted molar refractivity (Wildman–Crippen MR) is 73.9 cm³/mol. The minimum Gasteiger partial charge on any atom is -0.393 e. The molecule has 0 aromatic rings. The number of nitrogens with zero attached hydrogens (tertiary/aromatic N) is 1. The summed E-state index contributed by atoms with van der Waals surface area (Å²) in [4.78, 5) is 14.4. The molecule has 17 heavy (non-hydrogen) atoms. The zero-order valence-corrected chi connectivity index (χ0v) is 12.0. The van der Waals surface area contributed by atoms with E-state index >= 15 is 0 Å². The topological polar surface area (TPSA) is 55.6 Å². The van der Waals surface area contributed by atoms with Crippen LogP contribution in [0, 0.1) is 5.92 Å². The molecule has 0 bridgehead atoms. The molecule has 0 rings (SSSR count). The van der Waals surface area contributed by atoms with Crippen molar-refractivity contribution in [1.29, 1.82) is 0 Å². The Morgan fingerprint density at radius 3 is 2.41 bits per heavy atom. The van der Waals surface area contributed by atoms with Crippen LogP contribution in [0.3, 0.4) is 0 Å². The molecule has 2 N–H and O–H groups in total. The van der Waals surface area contributed by atoms with Crippen molar-refractivity contribution in [3.8, 4) is 0 Å². The van der Waals surface area contributed by atoms with Crippen molar-refractivity contribution in [2.45, 2.75) is 39.7 Å². The molecule has 0 aliphatic heterocycles. The summed E-state index contributed by atoms with van der Waals surface area (Å²) in [7, 11) is 1.63. The summed E-state index contributed by atoms with van der Waals surface area (Å²) in [6.07, 6.45) is 1.61. The van der Waals surface area contributed by atoms with Crippen LogP contribution in [0.5, 0.6) is 0 Å². The molecule has 0 spiro atoms. The highest BCUT2D eigenvalue weighted by Gasteiger charge is 2.27. The molecule has 2 unspecified atom stereocenters. The van der Waals surface area contributed by atoms with Crippen LogP contribution in [0.2, 0.25) is 0 Å². The molecule has 0 fully saturated rings. The van der Waals surface area contributed by atoms with Gasteiger partial charge in [0.25, 0.3) is 0 Å². The van der Waals surface area contributed by atoms with Crippen LogP contribution in [0.1, 0.15) is 33.6 Å². The Labute approximate surface area is 109 Å². The van der Waals surface area contributed by atoms with E-state index in [0.717, 1.165) is 6.42 Å². The lowest BCUT2D eigenvalue weighted by Crippen LogP contribution is -2.47. The first-order chi connectivity index (χ1) is 7.99. The van der Waals surface area contributed by atoms with Crippen LogP contribution >= 0.6 is 12.2 Å². The Bertz CT molecular complexity index is 259. The number of amides is 1. The van der Waals surface area contributed by atoms with E-state index in [4.69, 9.17) is 22.7 Å². The van der Waals surface area contributed by atoms with Crippen LogP contribution < -0.4 is 5.73 Å². The number of thiocarbonyl (C=S) groups is 1. The second kappa shape index (κ2) is 8.42. The van der Waals surface area contributed by atoms with Crippen LogP contribution in [0.4, 0.5) is 0 Å². The normalized spacial score (nSPS) is 14.1. The molecule has 0 aromatic heterocycles. The van der Waals surface area contributed by atoms with Gasteiger partial charge in [-0.05, 0) is 20.3 Å². The van der Waals surface area contributed by atoms with Gasteiger partial charge in [0.1, 0.15) is 0 Å².